The number of rotatable bonds is 2. The van der Waals surface area contributed by atoms with Crippen LogP contribution < -0.4 is 5.90 Å². The monoisotopic (exact) mass is 305 g/mol. The van der Waals surface area contributed by atoms with Gasteiger partial charge >= 0.3 is 5.97 Å². The molecule has 1 aliphatic rings. The summed E-state index contributed by atoms with van der Waals surface area (Å²) in [4.78, 5) is 15.0. The number of halogens is 2. The third-order valence-electron chi connectivity index (χ3n) is 2.05. The van der Waals surface area contributed by atoms with Gasteiger partial charge in [-0.2, -0.15) is 0 Å². The van der Waals surface area contributed by atoms with E-state index in [-0.39, 0.29) is 6.61 Å². The van der Waals surface area contributed by atoms with E-state index in [1.54, 1.807) is 6.08 Å². The van der Waals surface area contributed by atoms with Crippen LogP contribution in [0.2, 0.25) is 0 Å². The predicted octanol–water partition coefficient (Wildman–Crippen LogP) is 1.41. The quantitative estimate of drug-likeness (QED) is 0.460. The van der Waals surface area contributed by atoms with E-state index in [0.29, 0.717) is 5.03 Å². The fraction of sp³-hybridized carbons (Fsp3) is 0.300. The fourth-order valence-corrected chi connectivity index (χ4v) is 2.30. The fourth-order valence-electron chi connectivity index (χ4n) is 1.21. The molecule has 0 saturated carbocycles. The van der Waals surface area contributed by atoms with Crippen LogP contribution >= 0.6 is 27.5 Å². The van der Waals surface area contributed by atoms with Crippen molar-refractivity contribution in [1.29, 1.82) is 0 Å². The van der Waals surface area contributed by atoms with Crippen LogP contribution in [0.5, 0.6) is 0 Å². The molecule has 0 bridgehead atoms. The molecule has 86 valence electrons. The summed E-state index contributed by atoms with van der Waals surface area (Å²) in [5, 5.41) is 9.68. The highest BCUT2D eigenvalue weighted by molar-refractivity contribution is 9.09. The Kier molecular flexibility index (Phi) is 4.56. The minimum atomic E-state index is -1.34. The van der Waals surface area contributed by atoms with Crippen molar-refractivity contribution in [1.82, 2.24) is 0 Å². The van der Waals surface area contributed by atoms with Gasteiger partial charge in [-0.3, -0.25) is 9.63 Å². The van der Waals surface area contributed by atoms with E-state index in [9.17, 15) is 9.90 Å². The second kappa shape index (κ2) is 5.51. The normalized spacial score (nSPS) is 27.9. The van der Waals surface area contributed by atoms with Gasteiger partial charge in [-0.1, -0.05) is 45.4 Å². The first-order chi connectivity index (χ1) is 7.53. The summed E-state index contributed by atoms with van der Waals surface area (Å²) in [7, 11) is 0. The maximum absolute atomic E-state index is 11.3. The van der Waals surface area contributed by atoms with Crippen molar-refractivity contribution in [3.8, 4) is 11.8 Å². The van der Waals surface area contributed by atoms with E-state index in [1.165, 1.54) is 12.2 Å². The first kappa shape index (κ1) is 13.3. The largest absolute Gasteiger partial charge is 0.480 e. The zero-order valence-corrected chi connectivity index (χ0v) is 10.5. The SMILES string of the molecule is NOCC#CC1(C(=O)O)C=CC(Cl)=CC1Br. The summed E-state index contributed by atoms with van der Waals surface area (Å²) in [5.74, 6) is 8.90. The Morgan fingerprint density at radius 1 is 1.81 bits per heavy atom. The van der Waals surface area contributed by atoms with E-state index < -0.39 is 16.2 Å². The topological polar surface area (TPSA) is 72.5 Å². The van der Waals surface area contributed by atoms with E-state index in [4.69, 9.17) is 17.5 Å². The van der Waals surface area contributed by atoms with Gasteiger partial charge in [-0.05, 0) is 12.2 Å². The number of alkyl halides is 1. The number of carboxylic acids is 1. The first-order valence-electron chi connectivity index (χ1n) is 4.28. The van der Waals surface area contributed by atoms with Crippen LogP contribution in [0.3, 0.4) is 0 Å². The minimum absolute atomic E-state index is 0.0277. The molecule has 2 unspecified atom stereocenters. The molecule has 0 amide bonds. The summed E-state index contributed by atoms with van der Waals surface area (Å²) < 4.78 is 0. The maximum Gasteiger partial charge on any atom is 0.327 e. The van der Waals surface area contributed by atoms with Gasteiger partial charge < -0.3 is 5.11 Å². The van der Waals surface area contributed by atoms with Crippen molar-refractivity contribution in [3.05, 3.63) is 23.3 Å². The molecule has 4 nitrogen and oxygen atoms in total. The summed E-state index contributed by atoms with van der Waals surface area (Å²) in [6, 6.07) is 0. The minimum Gasteiger partial charge on any atom is -0.480 e. The molecule has 0 aromatic heterocycles. The molecule has 3 N–H and O–H groups in total. The molecule has 16 heavy (non-hydrogen) atoms. The summed E-state index contributed by atoms with van der Waals surface area (Å²) >= 11 is 9.00. The lowest BCUT2D eigenvalue weighted by Crippen LogP contribution is -2.37. The smallest absolute Gasteiger partial charge is 0.327 e. The number of carbonyl (C=O) groups is 1. The number of nitrogens with two attached hydrogens (primary N) is 1. The van der Waals surface area contributed by atoms with Crippen LogP contribution in [-0.2, 0) is 9.63 Å². The molecule has 0 heterocycles. The number of allylic oxidation sites excluding steroid dienone is 3. The highest BCUT2D eigenvalue weighted by atomic mass is 79.9. The van der Waals surface area contributed by atoms with Crippen LogP contribution in [0.15, 0.2) is 23.3 Å². The lowest BCUT2D eigenvalue weighted by molar-refractivity contribution is -0.142. The Labute approximate surface area is 106 Å². The first-order valence-corrected chi connectivity index (χ1v) is 5.58. The average molecular weight is 307 g/mol. The zero-order chi connectivity index (χ0) is 12.2. The van der Waals surface area contributed by atoms with Crippen molar-refractivity contribution in [2.45, 2.75) is 4.83 Å². The highest BCUT2D eigenvalue weighted by Crippen LogP contribution is 2.36. The van der Waals surface area contributed by atoms with Gasteiger partial charge in [-0.15, -0.1) is 0 Å². The predicted molar refractivity (Wildman–Crippen MR) is 63.8 cm³/mol. The van der Waals surface area contributed by atoms with Crippen LogP contribution in [0.25, 0.3) is 0 Å². The summed E-state index contributed by atoms with van der Waals surface area (Å²) in [6.45, 7) is -0.0277. The number of aliphatic carboxylic acids is 1. The Hall–Kier alpha value is -0.800. The van der Waals surface area contributed by atoms with E-state index in [1.807, 2.05) is 0 Å². The zero-order valence-electron chi connectivity index (χ0n) is 8.11. The van der Waals surface area contributed by atoms with Crippen LogP contribution in [0, 0.1) is 17.3 Å². The van der Waals surface area contributed by atoms with Crippen LogP contribution in [-0.4, -0.2) is 22.5 Å². The van der Waals surface area contributed by atoms with Gasteiger partial charge in [0.2, 0.25) is 0 Å². The molecule has 0 fully saturated rings. The Balaban J connectivity index is 3.06. The molecule has 1 aliphatic carbocycles. The van der Waals surface area contributed by atoms with E-state index >= 15 is 0 Å². The third-order valence-corrected chi connectivity index (χ3v) is 3.29. The molecular formula is C10H9BrClNO3. The molecule has 1 rings (SSSR count). The molecule has 0 radical (unpaired) electrons. The highest BCUT2D eigenvalue weighted by Gasteiger charge is 2.42. The standard InChI is InChI=1S/C10H9BrClNO3/c11-8-6-7(12)2-4-10(8,9(14)15)3-1-5-16-13/h2,4,6,8H,5,13H2,(H,14,15). The van der Waals surface area contributed by atoms with Crippen molar-refractivity contribution >= 4 is 33.5 Å². The third kappa shape index (κ3) is 2.66. The average Bonchev–Trinajstić information content (AvgIpc) is 2.21. The second-order valence-electron chi connectivity index (χ2n) is 3.07. The van der Waals surface area contributed by atoms with Gasteiger partial charge in [0.15, 0.2) is 5.41 Å². The van der Waals surface area contributed by atoms with Crippen molar-refractivity contribution in [2.75, 3.05) is 6.61 Å². The molecule has 2 atom stereocenters. The molecule has 6 heteroatoms. The van der Waals surface area contributed by atoms with E-state index in [2.05, 4.69) is 32.6 Å². The number of hydrogen-bond donors (Lipinski definition) is 2. The molecule has 0 aliphatic heterocycles. The van der Waals surface area contributed by atoms with Gasteiger partial charge in [-0.25, -0.2) is 5.90 Å². The molecular weight excluding hydrogens is 297 g/mol. The Bertz CT molecular complexity index is 410. The second-order valence-corrected chi connectivity index (χ2v) is 4.50. The van der Waals surface area contributed by atoms with Crippen LogP contribution in [0.4, 0.5) is 0 Å². The van der Waals surface area contributed by atoms with Gasteiger partial charge in [0.25, 0.3) is 0 Å². The van der Waals surface area contributed by atoms with Crippen LogP contribution in [0.1, 0.15) is 0 Å². The molecule has 0 aromatic carbocycles. The number of carboxylic acid groups (broad SMARTS) is 1. The molecule has 0 saturated heterocycles. The van der Waals surface area contributed by atoms with Gasteiger partial charge in [0, 0.05) is 5.03 Å². The Morgan fingerprint density at radius 3 is 3.00 bits per heavy atom. The van der Waals surface area contributed by atoms with Gasteiger partial charge in [0.1, 0.15) is 6.61 Å². The van der Waals surface area contributed by atoms with Crippen molar-refractivity contribution < 1.29 is 14.7 Å². The molecule has 0 aromatic rings. The van der Waals surface area contributed by atoms with Gasteiger partial charge in [0.05, 0.1) is 4.83 Å². The van der Waals surface area contributed by atoms with Crippen molar-refractivity contribution in [3.63, 3.8) is 0 Å². The Morgan fingerprint density at radius 2 is 2.50 bits per heavy atom. The molecule has 0 spiro atoms. The lowest BCUT2D eigenvalue weighted by atomic mass is 9.82. The lowest BCUT2D eigenvalue weighted by Gasteiger charge is -2.26. The number of hydrogen-bond acceptors (Lipinski definition) is 3. The van der Waals surface area contributed by atoms with Crippen molar-refractivity contribution in [2.24, 2.45) is 11.3 Å². The summed E-state index contributed by atoms with van der Waals surface area (Å²) in [6.07, 6.45) is 4.53. The van der Waals surface area contributed by atoms with E-state index in [0.717, 1.165) is 0 Å². The summed E-state index contributed by atoms with van der Waals surface area (Å²) in [5.41, 5.74) is -1.34. The maximum atomic E-state index is 11.3.